The molecule has 0 bridgehead atoms. The molecule has 0 spiro atoms. The van der Waals surface area contributed by atoms with Gasteiger partial charge in [0.15, 0.2) is 6.10 Å². The minimum absolute atomic E-state index is 0.0154. The first-order valence-corrected chi connectivity index (χ1v) is 21.3. The second-order valence-corrected chi connectivity index (χ2v) is 19.3. The predicted octanol–water partition coefficient (Wildman–Crippen LogP) is 7.53. The predicted molar refractivity (Wildman–Crippen MR) is 201 cm³/mol. The summed E-state index contributed by atoms with van der Waals surface area (Å²) >= 11 is 1.17. The number of hydrogen-bond donors (Lipinski definition) is 1. The van der Waals surface area contributed by atoms with Gasteiger partial charge in [-0.2, -0.15) is 4.98 Å². The van der Waals surface area contributed by atoms with Gasteiger partial charge in [-0.1, -0.05) is 42.5 Å². The molecular formula is C39H44F3N3O10S2. The topological polar surface area (TPSA) is 158 Å². The average molecular weight is 836 g/mol. The highest BCUT2D eigenvalue weighted by atomic mass is 32.2. The summed E-state index contributed by atoms with van der Waals surface area (Å²) in [4.78, 5) is 17.8. The summed E-state index contributed by atoms with van der Waals surface area (Å²) in [5.74, 6) is 0.656. The molecule has 18 heteroatoms. The molecule has 4 fully saturated rings. The molecule has 2 aliphatic heterocycles. The van der Waals surface area contributed by atoms with Crippen molar-refractivity contribution in [2.45, 2.75) is 114 Å². The van der Waals surface area contributed by atoms with Crippen LogP contribution in [0.3, 0.4) is 0 Å². The van der Waals surface area contributed by atoms with Gasteiger partial charge in [-0.15, -0.1) is 13.2 Å². The summed E-state index contributed by atoms with van der Waals surface area (Å²) < 4.78 is 109. The van der Waals surface area contributed by atoms with E-state index in [4.69, 9.17) is 28.2 Å². The first-order valence-electron chi connectivity index (χ1n) is 19.0. The van der Waals surface area contributed by atoms with E-state index < -0.39 is 57.2 Å². The second-order valence-electron chi connectivity index (χ2n) is 16.1. The number of nitrogens with one attached hydrogen (secondary N) is 1. The number of carbonyl (C=O) groups is 1. The summed E-state index contributed by atoms with van der Waals surface area (Å²) in [6.45, 7) is 9.86. The fourth-order valence-corrected chi connectivity index (χ4v) is 9.69. The van der Waals surface area contributed by atoms with Gasteiger partial charge in [-0.3, -0.25) is 4.79 Å². The van der Waals surface area contributed by atoms with Gasteiger partial charge in [0, 0.05) is 22.6 Å². The Labute approximate surface area is 331 Å². The third-order valence-electron chi connectivity index (χ3n) is 10.8. The Morgan fingerprint density at radius 1 is 1.05 bits per heavy atom. The van der Waals surface area contributed by atoms with Gasteiger partial charge >= 0.3 is 6.36 Å². The van der Waals surface area contributed by atoms with Crippen molar-refractivity contribution in [1.29, 1.82) is 0 Å². The molecule has 4 heterocycles. The highest BCUT2D eigenvalue weighted by Crippen LogP contribution is 2.53. The smallest absolute Gasteiger partial charge is 0.489 e. The summed E-state index contributed by atoms with van der Waals surface area (Å²) in [5.41, 5.74) is 1.48. The fourth-order valence-electron chi connectivity index (χ4n) is 7.52. The number of benzene rings is 2. The summed E-state index contributed by atoms with van der Waals surface area (Å²) in [7, 11) is -3.86. The normalized spacial score (nSPS) is 25.2. The van der Waals surface area contributed by atoms with Crippen molar-refractivity contribution in [3.8, 4) is 28.0 Å². The molecule has 6 atom stereocenters. The van der Waals surface area contributed by atoms with Crippen molar-refractivity contribution in [2.24, 2.45) is 11.8 Å². The van der Waals surface area contributed by atoms with Crippen LogP contribution in [0.25, 0.3) is 21.5 Å². The number of nitrogens with zero attached hydrogens (tertiary/aromatic N) is 2. The molecule has 13 nitrogen and oxygen atoms in total. The van der Waals surface area contributed by atoms with Crippen molar-refractivity contribution in [1.82, 2.24) is 14.9 Å². The lowest BCUT2D eigenvalue weighted by molar-refractivity contribution is -0.274. The zero-order valence-electron chi connectivity index (χ0n) is 32.0. The van der Waals surface area contributed by atoms with Crippen LogP contribution in [0.4, 0.5) is 13.2 Å². The number of alkyl halides is 3. The first kappa shape index (κ1) is 39.8. The molecule has 57 heavy (non-hydrogen) atoms. The number of amides is 1. The molecule has 308 valence electrons. The van der Waals surface area contributed by atoms with Crippen LogP contribution < -0.4 is 18.9 Å². The van der Waals surface area contributed by atoms with Crippen LogP contribution >= 0.6 is 11.3 Å². The molecule has 1 amide bonds. The van der Waals surface area contributed by atoms with E-state index >= 15 is 0 Å². The minimum Gasteiger partial charge on any atom is -0.489 e. The highest BCUT2D eigenvalue weighted by Gasteiger charge is 2.52. The van der Waals surface area contributed by atoms with E-state index in [1.54, 1.807) is 19.1 Å². The van der Waals surface area contributed by atoms with Crippen LogP contribution in [0.2, 0.25) is 0 Å². The molecule has 8 rings (SSSR count). The number of para-hydroxylation sites is 1. The second kappa shape index (κ2) is 15.0. The minimum atomic E-state index is -4.90. The SMILES string of the molecule is CC(C)CC1CC1c1onc(-c2ccccc2OC(F)(F)F)c1CO[C@@H]1CO[C@@H]2C(Oc3nc4c(OC(C)C)cc(C(=O)NS(=O)(=O)C5(C)CC5)cc4s3)CO[C@@H]21. The Balaban J connectivity index is 0.981. The van der Waals surface area contributed by atoms with Crippen molar-refractivity contribution >= 4 is 37.5 Å². The summed E-state index contributed by atoms with van der Waals surface area (Å²) in [6.07, 6.45) is -4.49. The van der Waals surface area contributed by atoms with Crippen LogP contribution in [-0.4, -0.2) is 79.3 Å². The molecule has 2 saturated carbocycles. The molecule has 2 saturated heterocycles. The van der Waals surface area contributed by atoms with Gasteiger partial charge in [0.2, 0.25) is 10.0 Å². The maximum atomic E-state index is 13.4. The first-order chi connectivity index (χ1) is 27.0. The number of halogens is 3. The lowest BCUT2D eigenvalue weighted by Crippen LogP contribution is -2.38. The zero-order valence-corrected chi connectivity index (χ0v) is 33.6. The Hall–Kier alpha value is -3.97. The van der Waals surface area contributed by atoms with Crippen LogP contribution in [0, 0.1) is 11.8 Å². The molecule has 4 aromatic rings. The lowest BCUT2D eigenvalue weighted by Gasteiger charge is -2.18. The summed E-state index contributed by atoms with van der Waals surface area (Å²) in [6, 6.07) is 8.86. The van der Waals surface area contributed by atoms with Gasteiger partial charge in [-0.25, -0.2) is 13.1 Å². The number of sulfonamides is 1. The standard InChI is InChI=1S/C39H44F3N3O10S2/c1-19(2)12-21-13-24(21)33-25(31(44-55-33)23-8-6-7-9-26(23)54-39(40,41)42)16-49-28-17-50-35-29(18-51-34(28)35)53-37-43-32-27(52-20(3)4)14-22(15-30(32)56-37)36(46)45-57(47,48)38(5)10-11-38/h6-9,14-15,19-21,24,28-29,34-35H,10-13,16-18H2,1-5H3,(H,45,46)/t21?,24?,28-,29?,34-,35-/m1/s1. The van der Waals surface area contributed by atoms with Gasteiger partial charge in [0.1, 0.15) is 46.8 Å². The Kier molecular flexibility index (Phi) is 10.5. The van der Waals surface area contributed by atoms with Gasteiger partial charge < -0.3 is 32.9 Å². The molecule has 0 radical (unpaired) electrons. The average Bonchev–Trinajstić information content (AvgIpc) is 3.76. The van der Waals surface area contributed by atoms with Gasteiger partial charge in [0.05, 0.1) is 35.4 Å². The number of carbonyl (C=O) groups excluding carboxylic acids is 1. The van der Waals surface area contributed by atoms with E-state index in [1.807, 2.05) is 13.8 Å². The van der Waals surface area contributed by atoms with Crippen LogP contribution in [0.5, 0.6) is 16.7 Å². The molecular weight excluding hydrogens is 792 g/mol. The van der Waals surface area contributed by atoms with Gasteiger partial charge in [-0.05, 0) is 82.6 Å². The van der Waals surface area contributed by atoms with Crippen LogP contribution in [-0.2, 0) is 30.8 Å². The number of aromatic nitrogens is 2. The number of fused-ring (bicyclic) bond motifs is 2. The molecule has 4 aliphatic rings. The van der Waals surface area contributed by atoms with E-state index in [0.29, 0.717) is 52.0 Å². The monoisotopic (exact) mass is 835 g/mol. The zero-order chi connectivity index (χ0) is 40.4. The van der Waals surface area contributed by atoms with Gasteiger partial charge in [0.25, 0.3) is 11.1 Å². The molecule has 2 aromatic carbocycles. The summed E-state index contributed by atoms with van der Waals surface area (Å²) in [5, 5.41) is 4.53. The Morgan fingerprint density at radius 2 is 1.77 bits per heavy atom. The van der Waals surface area contributed by atoms with E-state index in [1.165, 1.54) is 35.6 Å². The quantitative estimate of drug-likeness (QED) is 0.126. The number of rotatable bonds is 15. The van der Waals surface area contributed by atoms with E-state index in [2.05, 4.69) is 33.4 Å². The van der Waals surface area contributed by atoms with Crippen molar-refractivity contribution in [2.75, 3.05) is 13.2 Å². The fraction of sp³-hybridized carbons (Fsp3) is 0.564. The molecule has 2 aromatic heterocycles. The molecule has 3 unspecified atom stereocenters. The maximum absolute atomic E-state index is 13.4. The lowest BCUT2D eigenvalue weighted by atomic mass is 10.0. The number of ether oxygens (including phenoxy) is 6. The third-order valence-corrected chi connectivity index (χ3v) is 13.8. The van der Waals surface area contributed by atoms with Crippen molar-refractivity contribution in [3.63, 3.8) is 0 Å². The van der Waals surface area contributed by atoms with Crippen LogP contribution in [0.15, 0.2) is 40.9 Å². The largest absolute Gasteiger partial charge is 0.573 e. The Morgan fingerprint density at radius 3 is 2.47 bits per heavy atom. The van der Waals surface area contributed by atoms with Crippen molar-refractivity contribution < 1.29 is 59.3 Å². The highest BCUT2D eigenvalue weighted by molar-refractivity contribution is 7.91. The van der Waals surface area contributed by atoms with Crippen LogP contribution in [0.1, 0.15) is 87.9 Å². The third kappa shape index (κ3) is 8.33. The van der Waals surface area contributed by atoms with E-state index in [-0.39, 0.29) is 53.9 Å². The molecule has 1 N–H and O–H groups in total. The Bertz CT molecular complexity index is 2250. The van der Waals surface area contributed by atoms with Crippen molar-refractivity contribution in [3.05, 3.63) is 53.3 Å². The number of hydrogen-bond acceptors (Lipinski definition) is 13. The van der Waals surface area contributed by atoms with E-state index in [0.717, 1.165) is 12.8 Å². The van der Waals surface area contributed by atoms with E-state index in [9.17, 15) is 26.4 Å². The number of thiazole rings is 1. The molecule has 2 aliphatic carbocycles. The maximum Gasteiger partial charge on any atom is 0.573 e.